The topological polar surface area (TPSA) is 21.3 Å². The molecule has 2 rings (SSSR count). The Hall–Kier alpha value is -0.810. The van der Waals surface area contributed by atoms with Crippen molar-refractivity contribution in [2.45, 2.75) is 32.0 Å². The molecule has 0 atom stereocenters. The molecule has 0 unspecified atom stereocenters. The zero-order valence-corrected chi connectivity index (χ0v) is 10.9. The lowest BCUT2D eigenvalue weighted by Gasteiger charge is -2.23. The maximum atomic E-state index is 12.3. The second-order valence-electron chi connectivity index (χ2n) is 4.25. The van der Waals surface area contributed by atoms with E-state index < -0.39 is 6.61 Å². The Kier molecular flexibility index (Phi) is 5.26. The van der Waals surface area contributed by atoms with Crippen LogP contribution in [0.1, 0.15) is 18.4 Å². The molecule has 1 fully saturated rings. The van der Waals surface area contributed by atoms with Gasteiger partial charge in [0.2, 0.25) is 0 Å². The van der Waals surface area contributed by atoms with Crippen LogP contribution >= 0.6 is 11.8 Å². The van der Waals surface area contributed by atoms with Gasteiger partial charge in [-0.1, -0.05) is 18.2 Å². The third kappa shape index (κ3) is 4.14. The average molecular weight is 273 g/mol. The van der Waals surface area contributed by atoms with E-state index in [4.69, 9.17) is 0 Å². The number of thioether (sulfide) groups is 1. The van der Waals surface area contributed by atoms with Gasteiger partial charge in [-0.05, 0) is 30.4 Å². The van der Waals surface area contributed by atoms with E-state index in [2.05, 4.69) is 10.1 Å². The van der Waals surface area contributed by atoms with Crippen LogP contribution < -0.4 is 10.1 Å². The first-order valence-corrected chi connectivity index (χ1v) is 7.25. The van der Waals surface area contributed by atoms with Crippen LogP contribution in [0.3, 0.4) is 0 Å². The van der Waals surface area contributed by atoms with Gasteiger partial charge in [-0.15, -0.1) is 0 Å². The van der Waals surface area contributed by atoms with Crippen LogP contribution in [-0.2, 0) is 6.54 Å². The first-order chi connectivity index (χ1) is 8.75. The van der Waals surface area contributed by atoms with Crippen LogP contribution in [0.2, 0.25) is 0 Å². The number of hydrogen-bond donors (Lipinski definition) is 1. The minimum Gasteiger partial charge on any atom is -0.434 e. The van der Waals surface area contributed by atoms with Crippen molar-refractivity contribution in [2.24, 2.45) is 0 Å². The van der Waals surface area contributed by atoms with Crippen LogP contribution in [0, 0.1) is 0 Å². The minimum atomic E-state index is -2.77. The molecule has 0 aromatic heterocycles. The Morgan fingerprint density at radius 2 is 2.00 bits per heavy atom. The van der Waals surface area contributed by atoms with Crippen molar-refractivity contribution in [3.8, 4) is 5.75 Å². The summed E-state index contributed by atoms with van der Waals surface area (Å²) in [5.41, 5.74) is 0.788. The third-order valence-corrected chi connectivity index (χ3v) is 4.04. The lowest BCUT2D eigenvalue weighted by Crippen LogP contribution is -2.32. The molecular formula is C13H17F2NOS. The third-order valence-electron chi connectivity index (χ3n) is 2.99. The molecule has 1 aliphatic heterocycles. The number of rotatable bonds is 5. The summed E-state index contributed by atoms with van der Waals surface area (Å²) in [5, 5.41) is 3.41. The van der Waals surface area contributed by atoms with E-state index in [-0.39, 0.29) is 5.75 Å². The minimum absolute atomic E-state index is 0.269. The van der Waals surface area contributed by atoms with Gasteiger partial charge in [0.15, 0.2) is 0 Å². The van der Waals surface area contributed by atoms with Crippen LogP contribution in [0.4, 0.5) is 8.78 Å². The summed E-state index contributed by atoms with van der Waals surface area (Å²) in [7, 11) is 0. The number of benzene rings is 1. The first kappa shape index (κ1) is 13.6. The van der Waals surface area contributed by atoms with Crippen LogP contribution in [0.25, 0.3) is 0 Å². The van der Waals surface area contributed by atoms with Gasteiger partial charge < -0.3 is 10.1 Å². The lowest BCUT2D eigenvalue weighted by atomic mass is 10.1. The van der Waals surface area contributed by atoms with Crippen molar-refractivity contribution in [3.05, 3.63) is 29.8 Å². The summed E-state index contributed by atoms with van der Waals surface area (Å²) >= 11 is 1.97. The molecule has 1 aromatic carbocycles. The average Bonchev–Trinajstić information content (AvgIpc) is 2.38. The molecule has 0 saturated carbocycles. The van der Waals surface area contributed by atoms with E-state index in [0.717, 1.165) is 18.4 Å². The molecule has 0 spiro atoms. The Balaban J connectivity index is 1.91. The van der Waals surface area contributed by atoms with Gasteiger partial charge in [-0.2, -0.15) is 20.5 Å². The fourth-order valence-electron chi connectivity index (χ4n) is 2.02. The summed E-state index contributed by atoms with van der Waals surface area (Å²) < 4.78 is 29.0. The normalized spacial score (nSPS) is 17.1. The molecular weight excluding hydrogens is 256 g/mol. The number of hydrogen-bond acceptors (Lipinski definition) is 3. The predicted molar refractivity (Wildman–Crippen MR) is 70.3 cm³/mol. The monoisotopic (exact) mass is 273 g/mol. The summed E-state index contributed by atoms with van der Waals surface area (Å²) in [6, 6.07) is 7.44. The molecule has 100 valence electrons. The van der Waals surface area contributed by atoms with Gasteiger partial charge in [0.05, 0.1) is 0 Å². The second kappa shape index (κ2) is 6.95. The maximum Gasteiger partial charge on any atom is 0.387 e. The van der Waals surface area contributed by atoms with Gasteiger partial charge in [0.25, 0.3) is 0 Å². The molecule has 0 amide bonds. The zero-order valence-electron chi connectivity index (χ0n) is 10.1. The molecule has 5 heteroatoms. The van der Waals surface area contributed by atoms with Gasteiger partial charge in [-0.3, -0.25) is 0 Å². The van der Waals surface area contributed by atoms with Crippen LogP contribution in [-0.4, -0.2) is 24.2 Å². The quantitative estimate of drug-likeness (QED) is 0.889. The van der Waals surface area contributed by atoms with Crippen molar-refractivity contribution < 1.29 is 13.5 Å². The van der Waals surface area contributed by atoms with Gasteiger partial charge in [0, 0.05) is 18.2 Å². The zero-order chi connectivity index (χ0) is 12.8. The lowest BCUT2D eigenvalue weighted by molar-refractivity contribution is -0.0505. The molecule has 1 aromatic rings. The van der Waals surface area contributed by atoms with E-state index >= 15 is 0 Å². The molecule has 18 heavy (non-hydrogen) atoms. The van der Waals surface area contributed by atoms with Crippen LogP contribution in [0.15, 0.2) is 24.3 Å². The highest BCUT2D eigenvalue weighted by molar-refractivity contribution is 7.99. The number of ether oxygens (including phenoxy) is 1. The van der Waals surface area contributed by atoms with Crippen molar-refractivity contribution in [1.82, 2.24) is 5.32 Å². The molecule has 1 saturated heterocycles. The standard InChI is InChI=1S/C13H17F2NOS/c14-13(15)17-12-4-2-1-3-10(12)9-16-11-5-7-18-8-6-11/h1-4,11,13,16H,5-9H2. The smallest absolute Gasteiger partial charge is 0.387 e. The molecule has 2 nitrogen and oxygen atoms in total. The van der Waals surface area contributed by atoms with E-state index in [1.807, 2.05) is 23.9 Å². The number of para-hydroxylation sites is 1. The summed E-state index contributed by atoms with van der Waals surface area (Å²) in [6.07, 6.45) is 2.28. The Morgan fingerprint density at radius 3 is 2.72 bits per heavy atom. The first-order valence-electron chi connectivity index (χ1n) is 6.09. The van der Waals surface area contributed by atoms with Gasteiger partial charge in [-0.25, -0.2) is 0 Å². The van der Waals surface area contributed by atoms with Gasteiger partial charge >= 0.3 is 6.61 Å². The fraction of sp³-hybridized carbons (Fsp3) is 0.538. The highest BCUT2D eigenvalue weighted by Crippen LogP contribution is 2.22. The highest BCUT2D eigenvalue weighted by atomic mass is 32.2. The summed E-state index contributed by atoms with van der Waals surface area (Å²) in [6.45, 7) is -2.18. The maximum absolute atomic E-state index is 12.3. The van der Waals surface area contributed by atoms with Crippen molar-refractivity contribution in [3.63, 3.8) is 0 Å². The molecule has 1 N–H and O–H groups in total. The molecule has 0 aliphatic carbocycles. The van der Waals surface area contributed by atoms with E-state index in [1.54, 1.807) is 12.1 Å². The van der Waals surface area contributed by atoms with Crippen molar-refractivity contribution in [2.75, 3.05) is 11.5 Å². The number of alkyl halides is 2. The predicted octanol–water partition coefficient (Wildman–Crippen LogP) is 3.27. The van der Waals surface area contributed by atoms with Crippen LogP contribution in [0.5, 0.6) is 5.75 Å². The van der Waals surface area contributed by atoms with E-state index in [0.29, 0.717) is 12.6 Å². The van der Waals surface area contributed by atoms with Crippen molar-refractivity contribution >= 4 is 11.8 Å². The van der Waals surface area contributed by atoms with Crippen molar-refractivity contribution in [1.29, 1.82) is 0 Å². The second-order valence-corrected chi connectivity index (χ2v) is 5.48. The molecule has 0 bridgehead atoms. The Morgan fingerprint density at radius 1 is 1.28 bits per heavy atom. The number of nitrogens with one attached hydrogen (secondary N) is 1. The fourth-order valence-corrected chi connectivity index (χ4v) is 3.12. The highest BCUT2D eigenvalue weighted by Gasteiger charge is 2.14. The SMILES string of the molecule is FC(F)Oc1ccccc1CNC1CCSCC1. The van der Waals surface area contributed by atoms with E-state index in [9.17, 15) is 8.78 Å². The summed E-state index contributed by atoms with van der Waals surface area (Å²) in [5.74, 6) is 2.62. The van der Waals surface area contributed by atoms with E-state index in [1.165, 1.54) is 11.5 Å². The molecule has 0 radical (unpaired) electrons. The summed E-state index contributed by atoms with van der Waals surface area (Å²) in [4.78, 5) is 0. The van der Waals surface area contributed by atoms with Gasteiger partial charge in [0.1, 0.15) is 5.75 Å². The molecule has 1 aliphatic rings. The molecule has 1 heterocycles. The Labute approximate surface area is 110 Å². The largest absolute Gasteiger partial charge is 0.434 e. The number of halogens is 2. The Bertz CT molecular complexity index is 370.